The highest BCUT2D eigenvalue weighted by atomic mass is 19.1. The first-order valence-corrected chi connectivity index (χ1v) is 11.1. The van der Waals surface area contributed by atoms with Gasteiger partial charge in [0, 0.05) is 30.2 Å². The molecular formula is C26H29FO6. The average molecular weight is 457 g/mol. The number of carboxylic acid groups (broad SMARTS) is 1. The van der Waals surface area contributed by atoms with Gasteiger partial charge in [0.25, 0.3) is 0 Å². The molecule has 2 aliphatic rings. The highest BCUT2D eigenvalue weighted by molar-refractivity contribution is 5.67. The van der Waals surface area contributed by atoms with Gasteiger partial charge in [-0.3, -0.25) is 4.79 Å². The third-order valence-corrected chi connectivity index (χ3v) is 6.49. The first-order valence-electron chi connectivity index (χ1n) is 11.1. The van der Waals surface area contributed by atoms with Crippen LogP contribution in [0.5, 0.6) is 11.5 Å². The minimum absolute atomic E-state index is 0.0155. The summed E-state index contributed by atoms with van der Waals surface area (Å²) < 4.78 is 27.2. The molecule has 1 aliphatic heterocycles. The Kier molecular flexibility index (Phi) is 6.45. The number of halogens is 1. The van der Waals surface area contributed by atoms with Crippen LogP contribution in [0.25, 0.3) is 0 Å². The van der Waals surface area contributed by atoms with Crippen LogP contribution >= 0.6 is 0 Å². The average Bonchev–Trinajstić information content (AvgIpc) is 3.27. The molecule has 0 radical (unpaired) electrons. The molecule has 0 unspecified atom stereocenters. The van der Waals surface area contributed by atoms with Crippen LogP contribution in [-0.2, 0) is 11.2 Å². The Balaban J connectivity index is 1.56. The molecule has 1 heterocycles. The molecule has 0 spiro atoms. The Morgan fingerprint density at radius 1 is 1.24 bits per heavy atom. The highest BCUT2D eigenvalue weighted by Gasteiger charge is 2.50. The number of carboxylic acids is 1. The minimum Gasteiger partial charge on any atom is -0.489 e. The fraction of sp³-hybridized carbons (Fsp3) is 0.423. The van der Waals surface area contributed by atoms with Crippen LogP contribution in [0.1, 0.15) is 43.7 Å². The van der Waals surface area contributed by atoms with Gasteiger partial charge in [-0.05, 0) is 44.0 Å². The molecule has 2 aromatic carbocycles. The maximum absolute atomic E-state index is 15.3. The lowest BCUT2D eigenvalue weighted by atomic mass is 9.85. The van der Waals surface area contributed by atoms with E-state index in [0.29, 0.717) is 24.3 Å². The van der Waals surface area contributed by atoms with Crippen molar-refractivity contribution in [2.75, 3.05) is 0 Å². The molecule has 2 aromatic rings. The first-order chi connectivity index (χ1) is 15.7. The summed E-state index contributed by atoms with van der Waals surface area (Å²) >= 11 is 0. The smallest absolute Gasteiger partial charge is 0.303 e. The Labute approximate surface area is 192 Å². The summed E-state index contributed by atoms with van der Waals surface area (Å²) in [6.45, 7) is 3.21. The molecule has 1 saturated carbocycles. The summed E-state index contributed by atoms with van der Waals surface area (Å²) in [5.74, 6) is -1.38. The van der Waals surface area contributed by atoms with E-state index in [0.717, 1.165) is 11.1 Å². The molecule has 3 N–H and O–H groups in total. The Morgan fingerprint density at radius 2 is 1.97 bits per heavy atom. The van der Waals surface area contributed by atoms with Crippen LogP contribution in [0.2, 0.25) is 0 Å². The van der Waals surface area contributed by atoms with E-state index in [1.807, 2.05) is 24.3 Å². The van der Waals surface area contributed by atoms with Crippen molar-refractivity contribution >= 4 is 5.97 Å². The third-order valence-electron chi connectivity index (χ3n) is 6.49. The number of fused-ring (bicyclic) bond motifs is 3. The van der Waals surface area contributed by atoms with Crippen molar-refractivity contribution in [2.24, 2.45) is 5.92 Å². The van der Waals surface area contributed by atoms with Crippen LogP contribution in [-0.4, -0.2) is 45.2 Å². The molecule has 7 heteroatoms. The molecule has 0 saturated heterocycles. The number of aliphatic carboxylic acids is 1. The lowest BCUT2D eigenvalue weighted by molar-refractivity contribution is -0.136. The molecule has 0 bridgehead atoms. The minimum atomic E-state index is -1.53. The lowest BCUT2D eigenvalue weighted by Crippen LogP contribution is -2.42. The lowest BCUT2D eigenvalue weighted by Gasteiger charge is -2.31. The van der Waals surface area contributed by atoms with E-state index < -0.39 is 35.5 Å². The molecule has 1 aliphatic carbocycles. The van der Waals surface area contributed by atoms with Gasteiger partial charge in [0.1, 0.15) is 35.1 Å². The number of ether oxygens (including phenoxy) is 2. The van der Waals surface area contributed by atoms with Crippen LogP contribution in [0.4, 0.5) is 4.39 Å². The number of hydrogen-bond donors (Lipinski definition) is 3. The summed E-state index contributed by atoms with van der Waals surface area (Å²) in [6, 6.07) is 14.4. The number of rotatable bonds is 8. The van der Waals surface area contributed by atoms with Gasteiger partial charge >= 0.3 is 5.97 Å². The van der Waals surface area contributed by atoms with Gasteiger partial charge in [-0.15, -0.1) is 0 Å². The molecule has 0 aromatic heterocycles. The molecule has 1 fully saturated rings. The SMILES string of the molecule is CC(C)(Oc1ccccc1)[C@H](O)/C(F)=C/[C@@H]1[C@H]2c3cccc(CCC(=O)O)c3O[C@H]2C[C@H]1O. The zero-order valence-electron chi connectivity index (χ0n) is 18.6. The van der Waals surface area contributed by atoms with Gasteiger partial charge in [-0.1, -0.05) is 36.4 Å². The summed E-state index contributed by atoms with van der Waals surface area (Å²) in [4.78, 5) is 11.0. The van der Waals surface area contributed by atoms with Crippen molar-refractivity contribution in [1.82, 2.24) is 0 Å². The van der Waals surface area contributed by atoms with Crippen molar-refractivity contribution in [1.29, 1.82) is 0 Å². The summed E-state index contributed by atoms with van der Waals surface area (Å²) in [7, 11) is 0. The number of para-hydroxylation sites is 2. The van der Waals surface area contributed by atoms with E-state index in [1.54, 1.807) is 38.1 Å². The molecular weight excluding hydrogens is 427 g/mol. The number of hydrogen-bond acceptors (Lipinski definition) is 5. The zero-order valence-corrected chi connectivity index (χ0v) is 18.6. The predicted octanol–water partition coefficient (Wildman–Crippen LogP) is 4.00. The van der Waals surface area contributed by atoms with E-state index in [-0.39, 0.29) is 18.4 Å². The van der Waals surface area contributed by atoms with E-state index in [1.165, 1.54) is 6.08 Å². The monoisotopic (exact) mass is 456 g/mol. The molecule has 5 atom stereocenters. The summed E-state index contributed by atoms with van der Waals surface area (Å²) in [5, 5.41) is 30.4. The molecule has 6 nitrogen and oxygen atoms in total. The molecule has 4 rings (SSSR count). The molecule has 0 amide bonds. The van der Waals surface area contributed by atoms with E-state index in [4.69, 9.17) is 14.6 Å². The first kappa shape index (κ1) is 23.3. The predicted molar refractivity (Wildman–Crippen MR) is 120 cm³/mol. The van der Waals surface area contributed by atoms with Crippen molar-refractivity contribution in [2.45, 2.75) is 62.9 Å². The van der Waals surface area contributed by atoms with Gasteiger partial charge < -0.3 is 24.8 Å². The molecule has 33 heavy (non-hydrogen) atoms. The van der Waals surface area contributed by atoms with Crippen molar-refractivity contribution < 1.29 is 34.0 Å². The zero-order chi connectivity index (χ0) is 23.8. The standard InChI is InChI=1S/C26H29FO6/c1-26(2,33-16-8-4-3-5-9-16)25(31)19(27)13-18-20(28)14-21-23(18)17-10-6-7-15(24(17)32-21)11-12-22(29)30/h3-10,13,18,20-21,23,25,28,31H,11-12,14H2,1-2H3,(H,29,30)/b19-13-/t18-,20+,21-,23+,25+/m0/s1. The quantitative estimate of drug-likeness (QED) is 0.556. The maximum atomic E-state index is 15.3. The number of benzene rings is 2. The van der Waals surface area contributed by atoms with Crippen molar-refractivity contribution in [3.63, 3.8) is 0 Å². The fourth-order valence-electron chi connectivity index (χ4n) is 4.83. The van der Waals surface area contributed by atoms with Crippen LogP contribution in [0, 0.1) is 5.92 Å². The Bertz CT molecular complexity index is 1030. The second-order valence-electron chi connectivity index (χ2n) is 9.26. The number of aliphatic hydroxyl groups excluding tert-OH is 2. The van der Waals surface area contributed by atoms with E-state index in [2.05, 4.69) is 0 Å². The molecule has 176 valence electrons. The number of aliphatic hydroxyl groups is 2. The summed E-state index contributed by atoms with van der Waals surface area (Å²) in [6.07, 6.45) is -0.761. The number of carbonyl (C=O) groups is 1. The van der Waals surface area contributed by atoms with Gasteiger partial charge in [0.2, 0.25) is 0 Å². The van der Waals surface area contributed by atoms with Crippen molar-refractivity contribution in [3.8, 4) is 11.5 Å². The van der Waals surface area contributed by atoms with E-state index in [9.17, 15) is 15.0 Å². The maximum Gasteiger partial charge on any atom is 0.303 e. The fourth-order valence-corrected chi connectivity index (χ4v) is 4.83. The van der Waals surface area contributed by atoms with E-state index >= 15 is 4.39 Å². The van der Waals surface area contributed by atoms with Crippen LogP contribution in [0.3, 0.4) is 0 Å². The highest BCUT2D eigenvalue weighted by Crippen LogP contribution is 2.52. The Morgan fingerprint density at radius 3 is 2.67 bits per heavy atom. The van der Waals surface area contributed by atoms with Crippen LogP contribution < -0.4 is 9.47 Å². The van der Waals surface area contributed by atoms with Gasteiger partial charge in [0.05, 0.1) is 6.10 Å². The normalized spacial score (nSPS) is 25.2. The largest absolute Gasteiger partial charge is 0.489 e. The topological polar surface area (TPSA) is 96.2 Å². The Hall–Kier alpha value is -2.90. The second-order valence-corrected chi connectivity index (χ2v) is 9.26. The van der Waals surface area contributed by atoms with Crippen LogP contribution in [0.15, 0.2) is 60.4 Å². The van der Waals surface area contributed by atoms with Gasteiger partial charge in [-0.25, -0.2) is 4.39 Å². The second kappa shape index (κ2) is 9.15. The van der Waals surface area contributed by atoms with Gasteiger partial charge in [-0.2, -0.15) is 0 Å². The summed E-state index contributed by atoms with van der Waals surface area (Å²) in [5.41, 5.74) is 0.390. The third kappa shape index (κ3) is 4.75. The number of aryl methyl sites for hydroxylation is 1. The van der Waals surface area contributed by atoms with Crippen molar-refractivity contribution in [3.05, 3.63) is 71.6 Å². The van der Waals surface area contributed by atoms with Gasteiger partial charge in [0.15, 0.2) is 0 Å².